The van der Waals surface area contributed by atoms with Crippen LogP contribution in [0.15, 0.2) is 18.2 Å². The molecule has 1 aliphatic heterocycles. The summed E-state index contributed by atoms with van der Waals surface area (Å²) in [6.07, 6.45) is 1.16. The van der Waals surface area contributed by atoms with Crippen molar-refractivity contribution in [2.24, 2.45) is 11.8 Å². The highest BCUT2D eigenvalue weighted by molar-refractivity contribution is 7.99. The average Bonchev–Trinajstić information content (AvgIpc) is 2.97. The smallest absolute Gasteiger partial charge is 0.308 e. The topological polar surface area (TPSA) is 78.9 Å². The first-order chi connectivity index (χ1) is 12.0. The molecular weight excluding hydrogens is 344 g/mol. The fourth-order valence-corrected chi connectivity index (χ4v) is 4.57. The summed E-state index contributed by atoms with van der Waals surface area (Å²) in [4.78, 5) is 34.5. The highest BCUT2D eigenvalue weighted by atomic mass is 32.2. The van der Waals surface area contributed by atoms with Gasteiger partial charge in [-0.1, -0.05) is 6.07 Å². The number of benzene rings is 1. The fraction of sp³-hybridized carbons (Fsp3) is 0.500. The lowest BCUT2D eigenvalue weighted by molar-refractivity contribution is -0.144. The van der Waals surface area contributed by atoms with E-state index in [1.165, 1.54) is 14.0 Å². The van der Waals surface area contributed by atoms with Gasteiger partial charge in [-0.25, -0.2) is 0 Å². The van der Waals surface area contributed by atoms with Crippen LogP contribution in [0.5, 0.6) is 11.5 Å². The Morgan fingerprint density at radius 3 is 2.68 bits per heavy atom. The summed E-state index contributed by atoms with van der Waals surface area (Å²) in [6.45, 7) is 3.42. The first kappa shape index (κ1) is 19.3. The molecule has 1 fully saturated rings. The number of ether oxygens (including phenoxy) is 3. The maximum Gasteiger partial charge on any atom is 0.308 e. The first-order valence-electron chi connectivity index (χ1n) is 8.09. The normalized spacial score (nSPS) is 22.3. The van der Waals surface area contributed by atoms with Crippen molar-refractivity contribution in [1.29, 1.82) is 0 Å². The Morgan fingerprint density at radius 2 is 2.08 bits per heavy atom. The Bertz CT molecular complexity index is 644. The van der Waals surface area contributed by atoms with E-state index in [9.17, 15) is 14.4 Å². The van der Waals surface area contributed by atoms with Gasteiger partial charge in [0.2, 0.25) is 0 Å². The van der Waals surface area contributed by atoms with E-state index in [0.717, 1.165) is 11.8 Å². The maximum atomic E-state index is 11.7. The standard InChI is InChI=1S/C18H22O6S/c1-4-23-17(21)8-13-10-25-18(14(13)9-19)12-5-6-15(24-11(2)20)16(7-12)22-3/h5-7,9,13-14,18H,4,8,10H2,1-3H3/t13-,14+,18-/m1/s1. The van der Waals surface area contributed by atoms with Gasteiger partial charge in [0.15, 0.2) is 11.5 Å². The van der Waals surface area contributed by atoms with Gasteiger partial charge in [-0.3, -0.25) is 9.59 Å². The van der Waals surface area contributed by atoms with Crippen LogP contribution in [0.4, 0.5) is 0 Å². The molecule has 1 aromatic carbocycles. The highest BCUT2D eigenvalue weighted by Crippen LogP contribution is 2.49. The van der Waals surface area contributed by atoms with Crippen LogP contribution in [0, 0.1) is 11.8 Å². The predicted octanol–water partition coefficient (Wildman–Crippen LogP) is 2.79. The van der Waals surface area contributed by atoms with Crippen molar-refractivity contribution in [3.05, 3.63) is 23.8 Å². The quantitative estimate of drug-likeness (QED) is 0.417. The van der Waals surface area contributed by atoms with Crippen LogP contribution in [0.1, 0.15) is 31.1 Å². The van der Waals surface area contributed by atoms with E-state index in [-0.39, 0.29) is 29.5 Å². The van der Waals surface area contributed by atoms with Crippen molar-refractivity contribution < 1.29 is 28.6 Å². The molecule has 0 amide bonds. The van der Waals surface area contributed by atoms with Crippen LogP contribution in [0.3, 0.4) is 0 Å². The van der Waals surface area contributed by atoms with Crippen molar-refractivity contribution in [3.8, 4) is 11.5 Å². The molecule has 0 radical (unpaired) electrons. The van der Waals surface area contributed by atoms with Gasteiger partial charge in [-0.15, -0.1) is 0 Å². The molecule has 2 rings (SSSR count). The number of carbonyl (C=O) groups is 3. The van der Waals surface area contributed by atoms with E-state index in [1.54, 1.807) is 30.8 Å². The van der Waals surface area contributed by atoms with Crippen LogP contribution >= 0.6 is 11.8 Å². The minimum absolute atomic E-state index is 0.0503. The molecule has 1 heterocycles. The summed E-state index contributed by atoms with van der Waals surface area (Å²) in [5.41, 5.74) is 0.904. The minimum atomic E-state index is -0.429. The Hall–Kier alpha value is -2.02. The summed E-state index contributed by atoms with van der Waals surface area (Å²) in [6, 6.07) is 5.26. The van der Waals surface area contributed by atoms with Crippen LogP contribution < -0.4 is 9.47 Å². The first-order valence-corrected chi connectivity index (χ1v) is 9.13. The second kappa shape index (κ2) is 8.89. The molecule has 3 atom stereocenters. The highest BCUT2D eigenvalue weighted by Gasteiger charge is 2.39. The molecule has 1 aromatic rings. The molecule has 25 heavy (non-hydrogen) atoms. The SMILES string of the molecule is CCOC(=O)C[C@@H]1CS[C@H](c2ccc(OC(C)=O)c(OC)c2)[C@H]1C=O. The van der Waals surface area contributed by atoms with Crippen LogP contribution in [0.2, 0.25) is 0 Å². The van der Waals surface area contributed by atoms with Crippen molar-refractivity contribution in [2.45, 2.75) is 25.5 Å². The minimum Gasteiger partial charge on any atom is -0.493 e. The molecule has 0 saturated carbocycles. The summed E-state index contributed by atoms with van der Waals surface area (Å²) in [5.74, 6) is 0.453. The number of aldehydes is 1. The molecule has 136 valence electrons. The third-order valence-electron chi connectivity index (χ3n) is 4.04. The maximum absolute atomic E-state index is 11.7. The number of carbonyl (C=O) groups excluding carboxylic acids is 3. The number of esters is 2. The number of methoxy groups -OCH3 is 1. The van der Waals surface area contributed by atoms with Crippen LogP contribution in [-0.2, 0) is 19.1 Å². The van der Waals surface area contributed by atoms with Crippen molar-refractivity contribution in [3.63, 3.8) is 0 Å². The second-order valence-corrected chi connectivity index (χ2v) is 6.92. The predicted molar refractivity (Wildman–Crippen MR) is 93.8 cm³/mol. The molecule has 0 spiro atoms. The second-order valence-electron chi connectivity index (χ2n) is 5.74. The van der Waals surface area contributed by atoms with E-state index < -0.39 is 5.97 Å². The average molecular weight is 366 g/mol. The van der Waals surface area contributed by atoms with Gasteiger partial charge >= 0.3 is 11.9 Å². The molecule has 1 saturated heterocycles. The monoisotopic (exact) mass is 366 g/mol. The zero-order valence-electron chi connectivity index (χ0n) is 14.5. The van der Waals surface area contributed by atoms with E-state index in [1.807, 2.05) is 6.07 Å². The molecule has 0 bridgehead atoms. The number of thioether (sulfide) groups is 1. The van der Waals surface area contributed by atoms with Gasteiger partial charge in [0.05, 0.1) is 13.7 Å². The fourth-order valence-electron chi connectivity index (χ4n) is 2.93. The van der Waals surface area contributed by atoms with Gasteiger partial charge in [0.25, 0.3) is 0 Å². The zero-order valence-corrected chi connectivity index (χ0v) is 15.3. The number of rotatable bonds is 7. The van der Waals surface area contributed by atoms with Crippen molar-refractivity contribution >= 4 is 30.0 Å². The molecule has 0 N–H and O–H groups in total. The third kappa shape index (κ3) is 4.75. The van der Waals surface area contributed by atoms with Gasteiger partial charge in [0, 0.05) is 24.5 Å². The van der Waals surface area contributed by atoms with Gasteiger partial charge in [-0.05, 0) is 36.3 Å². The Labute approximate surface area is 151 Å². The third-order valence-corrected chi connectivity index (χ3v) is 5.61. The zero-order chi connectivity index (χ0) is 18.4. The molecule has 6 nitrogen and oxygen atoms in total. The van der Waals surface area contributed by atoms with E-state index in [4.69, 9.17) is 14.2 Å². The van der Waals surface area contributed by atoms with Gasteiger partial charge in [-0.2, -0.15) is 11.8 Å². The molecular formula is C18H22O6S. The van der Waals surface area contributed by atoms with Crippen molar-refractivity contribution in [2.75, 3.05) is 19.5 Å². The van der Waals surface area contributed by atoms with Crippen molar-refractivity contribution in [1.82, 2.24) is 0 Å². The van der Waals surface area contributed by atoms with Crippen LogP contribution in [0.25, 0.3) is 0 Å². The Kier molecular flexibility index (Phi) is 6.87. The van der Waals surface area contributed by atoms with E-state index in [2.05, 4.69) is 0 Å². The van der Waals surface area contributed by atoms with Gasteiger partial charge < -0.3 is 19.0 Å². The van der Waals surface area contributed by atoms with E-state index in [0.29, 0.717) is 23.9 Å². The lowest BCUT2D eigenvalue weighted by atomic mass is 9.87. The molecule has 0 aliphatic carbocycles. The summed E-state index contributed by atoms with van der Waals surface area (Å²) < 4.78 is 15.4. The number of hydrogen-bond acceptors (Lipinski definition) is 7. The lowest BCUT2D eigenvalue weighted by Crippen LogP contribution is -2.20. The van der Waals surface area contributed by atoms with Gasteiger partial charge in [0.1, 0.15) is 6.29 Å². The molecule has 0 aromatic heterocycles. The molecule has 1 aliphatic rings. The summed E-state index contributed by atoms with van der Waals surface area (Å²) in [7, 11) is 1.49. The summed E-state index contributed by atoms with van der Waals surface area (Å²) >= 11 is 1.63. The lowest BCUT2D eigenvalue weighted by Gasteiger charge is -2.19. The van der Waals surface area contributed by atoms with Crippen LogP contribution in [-0.4, -0.2) is 37.7 Å². The molecule has 7 heteroatoms. The number of hydrogen-bond donors (Lipinski definition) is 0. The molecule has 0 unspecified atom stereocenters. The summed E-state index contributed by atoms with van der Waals surface area (Å²) in [5, 5.41) is -0.0720. The van der Waals surface area contributed by atoms with E-state index >= 15 is 0 Å². The largest absolute Gasteiger partial charge is 0.493 e. The Balaban J connectivity index is 2.18. The Morgan fingerprint density at radius 1 is 1.32 bits per heavy atom.